The van der Waals surface area contributed by atoms with E-state index in [0.29, 0.717) is 23.4 Å². The van der Waals surface area contributed by atoms with Gasteiger partial charge in [0.2, 0.25) is 0 Å². The van der Waals surface area contributed by atoms with Crippen molar-refractivity contribution in [3.8, 4) is 0 Å². The third-order valence-electron chi connectivity index (χ3n) is 6.87. The molecule has 1 saturated carbocycles. The molecule has 2 saturated heterocycles. The summed E-state index contributed by atoms with van der Waals surface area (Å²) < 4.78 is 0. The molecule has 2 aliphatic heterocycles. The lowest BCUT2D eigenvalue weighted by atomic mass is 9.63. The first kappa shape index (κ1) is 16.8. The van der Waals surface area contributed by atoms with E-state index in [2.05, 4.69) is 91.6 Å². The zero-order valence-electron chi connectivity index (χ0n) is 15.7. The lowest BCUT2D eigenvalue weighted by Gasteiger charge is -2.50. The van der Waals surface area contributed by atoms with Gasteiger partial charge in [-0.1, -0.05) is 60.7 Å². The molecule has 2 aromatic rings. The molecule has 132 valence electrons. The van der Waals surface area contributed by atoms with Crippen LogP contribution in [0.3, 0.4) is 0 Å². The molecule has 0 aromatic heterocycles. The number of hydrogen-bond acceptors (Lipinski definition) is 2. The van der Waals surface area contributed by atoms with Crippen LogP contribution < -0.4 is 0 Å². The Morgan fingerprint density at radius 2 is 1.32 bits per heavy atom. The van der Waals surface area contributed by atoms with E-state index in [-0.39, 0.29) is 0 Å². The molecular formula is C23H30N2. The zero-order valence-corrected chi connectivity index (χ0v) is 15.7. The van der Waals surface area contributed by atoms with Gasteiger partial charge in [-0.2, -0.15) is 0 Å². The molecule has 3 fully saturated rings. The van der Waals surface area contributed by atoms with E-state index in [1.807, 2.05) is 0 Å². The highest BCUT2D eigenvalue weighted by molar-refractivity contribution is 5.32. The van der Waals surface area contributed by atoms with Gasteiger partial charge in [0.15, 0.2) is 0 Å². The van der Waals surface area contributed by atoms with Gasteiger partial charge in [0.25, 0.3) is 0 Å². The summed E-state index contributed by atoms with van der Waals surface area (Å²) in [6.45, 7) is 1.19. The Morgan fingerprint density at radius 3 is 1.76 bits per heavy atom. The molecule has 0 radical (unpaired) electrons. The number of rotatable bonds is 3. The van der Waals surface area contributed by atoms with E-state index in [9.17, 15) is 0 Å². The summed E-state index contributed by atoms with van der Waals surface area (Å²) >= 11 is 0. The van der Waals surface area contributed by atoms with Crippen molar-refractivity contribution in [2.45, 2.75) is 42.7 Å². The average Bonchev–Trinajstić information content (AvgIpc) is 2.90. The van der Waals surface area contributed by atoms with Crippen molar-refractivity contribution >= 4 is 0 Å². The predicted octanol–water partition coefficient (Wildman–Crippen LogP) is 4.35. The standard InChI is InChI=1S/C23H30N2/c1-24(2)23-14-15-25(3)22(20(16-23)18-10-6-4-7-11-18)21(17-23)19-12-8-5-9-13-19/h4-13,20-22H,14-17H2,1-3H3. The van der Waals surface area contributed by atoms with E-state index < -0.39 is 0 Å². The summed E-state index contributed by atoms with van der Waals surface area (Å²) in [5, 5.41) is 0. The van der Waals surface area contributed by atoms with Gasteiger partial charge >= 0.3 is 0 Å². The summed E-state index contributed by atoms with van der Waals surface area (Å²) in [4.78, 5) is 5.17. The Labute approximate surface area is 152 Å². The molecule has 2 nitrogen and oxygen atoms in total. The largest absolute Gasteiger partial charge is 0.304 e. The van der Waals surface area contributed by atoms with Crippen molar-refractivity contribution in [3.63, 3.8) is 0 Å². The van der Waals surface area contributed by atoms with Gasteiger partial charge in [-0.15, -0.1) is 0 Å². The number of likely N-dealkylation sites (N-methyl/N-ethyl adjacent to an activating group) is 1. The summed E-state index contributed by atoms with van der Waals surface area (Å²) in [6.07, 6.45) is 3.80. The van der Waals surface area contributed by atoms with E-state index in [1.54, 1.807) is 0 Å². The predicted molar refractivity (Wildman–Crippen MR) is 105 cm³/mol. The third kappa shape index (κ3) is 2.92. The Hall–Kier alpha value is -1.64. The number of fused-ring (bicyclic) bond motifs is 4. The van der Waals surface area contributed by atoms with Gasteiger partial charge in [-0.05, 0) is 58.1 Å². The summed E-state index contributed by atoms with van der Waals surface area (Å²) in [5.74, 6) is 1.19. The topological polar surface area (TPSA) is 6.48 Å². The van der Waals surface area contributed by atoms with E-state index in [0.717, 1.165) is 0 Å². The van der Waals surface area contributed by atoms with Crippen LogP contribution >= 0.6 is 0 Å². The number of hydrogen-bond donors (Lipinski definition) is 0. The summed E-state index contributed by atoms with van der Waals surface area (Å²) in [7, 11) is 6.92. The van der Waals surface area contributed by atoms with E-state index >= 15 is 0 Å². The first-order chi connectivity index (χ1) is 12.1. The second kappa shape index (κ2) is 6.59. The van der Waals surface area contributed by atoms with Gasteiger partial charge in [0.05, 0.1) is 0 Å². The number of nitrogens with zero attached hydrogens (tertiary/aromatic N) is 2. The molecule has 2 heterocycles. The SMILES string of the molecule is CN1CCC2(N(C)C)CC(c3ccccc3)C1C(c1ccccc1)C2. The second-order valence-corrected chi connectivity index (χ2v) is 8.28. The van der Waals surface area contributed by atoms with Gasteiger partial charge in [-0.3, -0.25) is 0 Å². The van der Waals surface area contributed by atoms with Crippen LogP contribution in [-0.4, -0.2) is 49.1 Å². The maximum Gasteiger partial charge on any atom is 0.0231 e. The van der Waals surface area contributed by atoms with Crippen LogP contribution in [-0.2, 0) is 0 Å². The highest BCUT2D eigenvalue weighted by Crippen LogP contribution is 2.53. The van der Waals surface area contributed by atoms with Gasteiger partial charge in [0, 0.05) is 23.4 Å². The zero-order chi connectivity index (χ0) is 17.4. The fourth-order valence-electron chi connectivity index (χ4n) is 5.40. The van der Waals surface area contributed by atoms with Gasteiger partial charge in [-0.25, -0.2) is 0 Å². The monoisotopic (exact) mass is 334 g/mol. The van der Waals surface area contributed by atoms with Crippen LogP contribution in [0.25, 0.3) is 0 Å². The Kier molecular flexibility index (Phi) is 4.43. The molecule has 2 unspecified atom stereocenters. The van der Waals surface area contributed by atoms with Gasteiger partial charge in [0.1, 0.15) is 0 Å². The maximum atomic E-state index is 2.65. The van der Waals surface area contributed by atoms with Crippen molar-refractivity contribution in [2.24, 2.45) is 0 Å². The van der Waals surface area contributed by atoms with Crippen LogP contribution in [0.15, 0.2) is 60.7 Å². The van der Waals surface area contributed by atoms with Crippen molar-refractivity contribution in [3.05, 3.63) is 71.8 Å². The van der Waals surface area contributed by atoms with E-state index in [4.69, 9.17) is 0 Å². The Balaban J connectivity index is 1.83. The molecule has 2 atom stereocenters. The van der Waals surface area contributed by atoms with E-state index in [1.165, 1.54) is 36.9 Å². The van der Waals surface area contributed by atoms with Crippen LogP contribution in [0.1, 0.15) is 42.2 Å². The molecule has 2 aromatic carbocycles. The summed E-state index contributed by atoms with van der Waals surface area (Å²) in [6, 6.07) is 23.0. The molecule has 1 aliphatic carbocycles. The van der Waals surface area contributed by atoms with Crippen molar-refractivity contribution in [2.75, 3.05) is 27.7 Å². The lowest BCUT2D eigenvalue weighted by Crippen LogP contribution is -2.52. The minimum atomic E-state index is 0.294. The average molecular weight is 335 g/mol. The minimum Gasteiger partial charge on any atom is -0.304 e. The fraction of sp³-hybridized carbons (Fsp3) is 0.478. The molecular weight excluding hydrogens is 304 g/mol. The highest BCUT2D eigenvalue weighted by Gasteiger charge is 2.51. The second-order valence-electron chi connectivity index (χ2n) is 8.28. The lowest BCUT2D eigenvalue weighted by molar-refractivity contribution is 0.0701. The number of benzene rings is 2. The third-order valence-corrected chi connectivity index (χ3v) is 6.87. The Morgan fingerprint density at radius 1 is 0.840 bits per heavy atom. The highest BCUT2D eigenvalue weighted by atomic mass is 15.2. The molecule has 25 heavy (non-hydrogen) atoms. The molecule has 0 spiro atoms. The van der Waals surface area contributed by atoms with Crippen LogP contribution in [0.4, 0.5) is 0 Å². The maximum absolute atomic E-state index is 2.65. The molecule has 5 rings (SSSR count). The van der Waals surface area contributed by atoms with Crippen molar-refractivity contribution < 1.29 is 0 Å². The molecule has 0 amide bonds. The smallest absolute Gasteiger partial charge is 0.0231 e. The first-order valence-electron chi connectivity index (χ1n) is 9.58. The quantitative estimate of drug-likeness (QED) is 0.823. The first-order valence-corrected chi connectivity index (χ1v) is 9.58. The van der Waals surface area contributed by atoms with Crippen molar-refractivity contribution in [1.82, 2.24) is 9.80 Å². The van der Waals surface area contributed by atoms with Crippen LogP contribution in [0.5, 0.6) is 0 Å². The summed E-state index contributed by atoms with van der Waals surface area (Å²) in [5.41, 5.74) is 3.31. The minimum absolute atomic E-state index is 0.294. The molecule has 2 heteroatoms. The molecule has 3 aliphatic rings. The fourth-order valence-corrected chi connectivity index (χ4v) is 5.40. The van der Waals surface area contributed by atoms with Crippen LogP contribution in [0.2, 0.25) is 0 Å². The molecule has 0 N–H and O–H groups in total. The normalized spacial score (nSPS) is 32.7. The van der Waals surface area contributed by atoms with Gasteiger partial charge < -0.3 is 9.80 Å². The molecule has 2 bridgehead atoms. The van der Waals surface area contributed by atoms with Crippen molar-refractivity contribution in [1.29, 1.82) is 0 Å². The Bertz CT molecular complexity index is 645. The van der Waals surface area contributed by atoms with Crippen LogP contribution in [0, 0.1) is 0 Å².